The van der Waals surface area contributed by atoms with Gasteiger partial charge < -0.3 is 15.1 Å². The molecule has 3 aromatic heterocycles. The summed E-state index contributed by atoms with van der Waals surface area (Å²) in [5.41, 5.74) is 7.86. The first-order chi connectivity index (χ1) is 13.2. The molecule has 0 aliphatic carbocycles. The second-order valence-electron chi connectivity index (χ2n) is 6.09. The highest BCUT2D eigenvalue weighted by Crippen LogP contribution is 2.17. The summed E-state index contributed by atoms with van der Waals surface area (Å²) < 4.78 is 0. The van der Waals surface area contributed by atoms with Gasteiger partial charge in [-0.15, -0.1) is 9.24 Å². The van der Waals surface area contributed by atoms with Crippen LogP contribution in [0.3, 0.4) is 0 Å². The smallest absolute Gasteiger partial charge is 0.0659 e. The third kappa shape index (κ3) is 4.22. The fourth-order valence-electron chi connectivity index (χ4n) is 2.94. The molecule has 1 unspecified atom stereocenters. The molecular formula is C21H19N4OP. The van der Waals surface area contributed by atoms with Gasteiger partial charge in [-0.2, -0.15) is 0 Å². The van der Waals surface area contributed by atoms with E-state index < -0.39 is 0 Å². The Labute approximate surface area is 158 Å². The van der Waals surface area contributed by atoms with Gasteiger partial charge in [0, 0.05) is 22.1 Å². The van der Waals surface area contributed by atoms with Crippen LogP contribution in [0.1, 0.15) is 22.8 Å². The predicted molar refractivity (Wildman–Crippen MR) is 116 cm³/mol. The van der Waals surface area contributed by atoms with Crippen molar-refractivity contribution in [1.82, 2.24) is 19.9 Å². The van der Waals surface area contributed by atoms with E-state index in [-0.39, 0.29) is 6.35 Å². The first kappa shape index (κ1) is 17.4. The Morgan fingerprint density at radius 3 is 1.37 bits per heavy atom. The highest BCUT2D eigenvalue weighted by atomic mass is 31.0. The summed E-state index contributed by atoms with van der Waals surface area (Å²) in [6.45, 7) is 0. The average Bonchev–Trinajstić information content (AvgIpc) is 3.41. The molecule has 2 aliphatic rings. The molecular weight excluding hydrogens is 355 g/mol. The SMILES string of the molecule is C1=Cc2cc3ccc(cc4ccc(cc5nc(cc1n2)C=C5)[nH]4)[nH]3.OCP. The quantitative estimate of drug-likeness (QED) is 0.350. The lowest BCUT2D eigenvalue weighted by atomic mass is 10.3. The number of hydrogen-bond acceptors (Lipinski definition) is 3. The molecule has 3 aromatic rings. The summed E-state index contributed by atoms with van der Waals surface area (Å²) >= 11 is 0. The van der Waals surface area contributed by atoms with Gasteiger partial charge in [-0.1, -0.05) is 0 Å². The minimum absolute atomic E-state index is 0.167. The topological polar surface area (TPSA) is 77.6 Å². The van der Waals surface area contributed by atoms with Crippen LogP contribution in [0.2, 0.25) is 0 Å². The molecule has 3 N–H and O–H groups in total. The van der Waals surface area contributed by atoms with Crippen LogP contribution < -0.4 is 0 Å². The Hall–Kier alpha value is -3.01. The minimum Gasteiger partial charge on any atom is -0.392 e. The number of aliphatic hydroxyl groups excluding tert-OH is 1. The average molecular weight is 374 g/mol. The summed E-state index contributed by atoms with van der Waals surface area (Å²) in [6.07, 6.45) is 8.21. The molecule has 27 heavy (non-hydrogen) atoms. The second kappa shape index (κ2) is 7.70. The fraction of sp³-hybridized carbons (Fsp3) is 0.0476. The van der Waals surface area contributed by atoms with E-state index in [9.17, 15) is 0 Å². The Morgan fingerprint density at radius 2 is 0.963 bits per heavy atom. The lowest BCUT2D eigenvalue weighted by Gasteiger charge is -1.86. The van der Waals surface area contributed by atoms with Crippen molar-refractivity contribution in [1.29, 1.82) is 0 Å². The zero-order valence-corrected chi connectivity index (χ0v) is 15.7. The van der Waals surface area contributed by atoms with Gasteiger partial charge in [-0.25, -0.2) is 9.97 Å². The lowest BCUT2D eigenvalue weighted by Crippen LogP contribution is -1.77. The molecule has 0 saturated carbocycles. The van der Waals surface area contributed by atoms with E-state index in [0.717, 1.165) is 44.8 Å². The third-order valence-electron chi connectivity index (χ3n) is 4.04. The number of aliphatic hydroxyl groups is 1. The van der Waals surface area contributed by atoms with Crippen molar-refractivity contribution in [2.45, 2.75) is 0 Å². The van der Waals surface area contributed by atoms with E-state index in [1.54, 1.807) is 0 Å². The van der Waals surface area contributed by atoms with Crippen molar-refractivity contribution < 1.29 is 5.11 Å². The van der Waals surface area contributed by atoms with Crippen LogP contribution in [0.25, 0.3) is 46.4 Å². The van der Waals surface area contributed by atoms with Gasteiger partial charge in [0.2, 0.25) is 0 Å². The van der Waals surface area contributed by atoms with E-state index in [2.05, 4.69) is 59.5 Å². The van der Waals surface area contributed by atoms with Crippen molar-refractivity contribution in [2.24, 2.45) is 0 Å². The molecule has 8 bridgehead atoms. The monoisotopic (exact) mass is 374 g/mol. The van der Waals surface area contributed by atoms with Gasteiger partial charge in [-0.05, 0) is 72.8 Å². The maximum atomic E-state index is 7.53. The normalized spacial score (nSPS) is 11.9. The molecule has 0 saturated heterocycles. The number of fused-ring (bicyclic) bond motifs is 8. The Bertz CT molecular complexity index is 1100. The molecule has 0 spiro atoms. The molecule has 0 aromatic carbocycles. The van der Waals surface area contributed by atoms with E-state index >= 15 is 0 Å². The Kier molecular flexibility index (Phi) is 4.97. The van der Waals surface area contributed by atoms with Gasteiger partial charge in [0.05, 0.1) is 29.1 Å². The van der Waals surface area contributed by atoms with E-state index in [4.69, 9.17) is 5.11 Å². The number of H-pyrrole nitrogens is 2. The number of nitrogens with one attached hydrogen (secondary N) is 2. The van der Waals surface area contributed by atoms with Crippen LogP contribution in [0.4, 0.5) is 0 Å². The zero-order chi connectivity index (χ0) is 18.6. The van der Waals surface area contributed by atoms with Gasteiger partial charge in [-0.3, -0.25) is 0 Å². The van der Waals surface area contributed by atoms with Crippen molar-refractivity contribution in [3.8, 4) is 0 Å². The van der Waals surface area contributed by atoms with E-state index in [0.29, 0.717) is 0 Å². The van der Waals surface area contributed by atoms with Gasteiger partial charge in [0.1, 0.15) is 0 Å². The Morgan fingerprint density at radius 1 is 0.630 bits per heavy atom. The molecule has 2 aliphatic heterocycles. The number of nitrogens with zero attached hydrogens (tertiary/aromatic N) is 2. The standard InChI is InChI=1S/C20H14N4.CH5OP/c1-2-14-10-16-5-6-18(23-16)12-20-8-7-19(24-20)11-17-4-3-15(22-17)9-13(1)21-14;2-1-3/h1-12,21-22H;2H,1,3H2. The van der Waals surface area contributed by atoms with Crippen LogP contribution in [0.15, 0.2) is 48.5 Å². The molecule has 134 valence electrons. The largest absolute Gasteiger partial charge is 0.392 e. The predicted octanol–water partition coefficient (Wildman–Crippen LogP) is 4.47. The molecule has 0 radical (unpaired) electrons. The van der Waals surface area contributed by atoms with Crippen molar-refractivity contribution in [3.63, 3.8) is 0 Å². The number of hydrogen-bond donors (Lipinski definition) is 3. The summed E-state index contributed by atoms with van der Waals surface area (Å²) in [6, 6.07) is 16.4. The summed E-state index contributed by atoms with van der Waals surface area (Å²) in [5.74, 6) is 0. The van der Waals surface area contributed by atoms with Crippen molar-refractivity contribution in [2.75, 3.05) is 6.35 Å². The van der Waals surface area contributed by atoms with Crippen LogP contribution >= 0.6 is 9.24 Å². The molecule has 1 atom stereocenters. The summed E-state index contributed by atoms with van der Waals surface area (Å²) in [5, 5.41) is 7.53. The number of rotatable bonds is 0. The first-order valence-electron chi connectivity index (χ1n) is 8.57. The fourth-order valence-corrected chi connectivity index (χ4v) is 2.94. The van der Waals surface area contributed by atoms with Crippen molar-refractivity contribution in [3.05, 3.63) is 71.3 Å². The second-order valence-corrected chi connectivity index (χ2v) is 6.45. The molecule has 0 fully saturated rings. The van der Waals surface area contributed by atoms with Gasteiger partial charge >= 0.3 is 0 Å². The first-order valence-corrected chi connectivity index (χ1v) is 9.39. The highest BCUT2D eigenvalue weighted by Gasteiger charge is 2.02. The number of aromatic amines is 2. The molecule has 5 rings (SSSR count). The van der Waals surface area contributed by atoms with E-state index in [1.165, 1.54) is 0 Å². The molecule has 6 heteroatoms. The summed E-state index contributed by atoms with van der Waals surface area (Å²) in [7, 11) is 2.13. The van der Waals surface area contributed by atoms with Crippen LogP contribution in [0.5, 0.6) is 0 Å². The maximum Gasteiger partial charge on any atom is 0.0659 e. The third-order valence-corrected chi connectivity index (χ3v) is 4.04. The maximum absolute atomic E-state index is 7.53. The molecule has 0 amide bonds. The van der Waals surface area contributed by atoms with Crippen LogP contribution in [-0.2, 0) is 0 Å². The minimum atomic E-state index is 0.167. The lowest BCUT2D eigenvalue weighted by molar-refractivity contribution is 0.375. The van der Waals surface area contributed by atoms with Gasteiger partial charge in [0.15, 0.2) is 0 Å². The van der Waals surface area contributed by atoms with Gasteiger partial charge in [0.25, 0.3) is 0 Å². The zero-order valence-electron chi connectivity index (χ0n) is 14.6. The summed E-state index contributed by atoms with van der Waals surface area (Å²) in [4.78, 5) is 16.0. The molecule has 5 nitrogen and oxygen atoms in total. The Balaban J connectivity index is 0.000000565. The van der Waals surface area contributed by atoms with Crippen LogP contribution in [0, 0.1) is 0 Å². The van der Waals surface area contributed by atoms with E-state index in [1.807, 2.05) is 42.5 Å². The van der Waals surface area contributed by atoms with Crippen LogP contribution in [-0.4, -0.2) is 31.4 Å². The number of aromatic nitrogens is 4. The highest BCUT2D eigenvalue weighted by molar-refractivity contribution is 7.16. The van der Waals surface area contributed by atoms with Crippen molar-refractivity contribution >= 4 is 55.6 Å². The molecule has 5 heterocycles.